The van der Waals surface area contributed by atoms with Gasteiger partial charge in [-0.3, -0.25) is 9.89 Å². The number of nitrogens with one attached hydrogen (secondary N) is 3. The number of nitrogens with zero attached hydrogens (tertiary/aromatic N) is 3. The Balaban J connectivity index is 1.12. The van der Waals surface area contributed by atoms with Gasteiger partial charge in [-0.2, -0.15) is 5.10 Å². The van der Waals surface area contributed by atoms with Gasteiger partial charge in [-0.25, -0.2) is 9.37 Å². The summed E-state index contributed by atoms with van der Waals surface area (Å²) in [5.74, 6) is 0.103. The first-order valence-electron chi connectivity index (χ1n) is 12.5. The highest BCUT2D eigenvalue weighted by molar-refractivity contribution is 5.94. The molecule has 1 amide bonds. The molecule has 4 heterocycles. The molecule has 8 nitrogen and oxygen atoms in total. The van der Waals surface area contributed by atoms with Crippen molar-refractivity contribution in [1.29, 1.82) is 0 Å². The van der Waals surface area contributed by atoms with Crippen LogP contribution in [0.1, 0.15) is 36.7 Å². The Morgan fingerprint density at radius 1 is 1.22 bits per heavy atom. The number of aromatic amines is 2. The van der Waals surface area contributed by atoms with E-state index < -0.39 is 5.82 Å². The lowest BCUT2D eigenvalue weighted by Crippen LogP contribution is -2.62. The van der Waals surface area contributed by atoms with Gasteiger partial charge in [0, 0.05) is 24.4 Å². The van der Waals surface area contributed by atoms with Gasteiger partial charge < -0.3 is 20.3 Å². The van der Waals surface area contributed by atoms with E-state index in [1.165, 1.54) is 12.1 Å². The zero-order chi connectivity index (χ0) is 24.6. The van der Waals surface area contributed by atoms with Crippen LogP contribution in [0.25, 0.3) is 33.5 Å². The number of H-pyrrole nitrogens is 2. The number of aromatic nitrogens is 4. The third-order valence-corrected chi connectivity index (χ3v) is 8.23. The maximum atomic E-state index is 14.1. The number of aromatic hydroxyl groups is 1. The van der Waals surface area contributed by atoms with E-state index in [2.05, 4.69) is 20.5 Å². The topological polar surface area (TPSA) is 110 Å². The number of carbonyl (C=O) groups excluding carboxylic acids is 1. The minimum atomic E-state index is -0.637. The maximum Gasteiger partial charge on any atom is 0.226 e. The molecule has 4 N–H and O–H groups in total. The van der Waals surface area contributed by atoms with E-state index >= 15 is 0 Å². The van der Waals surface area contributed by atoms with Crippen LogP contribution in [0.4, 0.5) is 4.39 Å². The van der Waals surface area contributed by atoms with Crippen LogP contribution in [0.5, 0.6) is 5.75 Å². The van der Waals surface area contributed by atoms with Gasteiger partial charge in [-0.05, 0) is 65.6 Å². The molecule has 4 aromatic rings. The minimum absolute atomic E-state index is 0.148. The molecule has 0 bridgehead atoms. The van der Waals surface area contributed by atoms with Gasteiger partial charge in [0.2, 0.25) is 5.91 Å². The molecule has 0 unspecified atom stereocenters. The van der Waals surface area contributed by atoms with Crippen LogP contribution in [0, 0.1) is 17.2 Å². The lowest BCUT2D eigenvalue weighted by molar-refractivity contribution is -0.146. The third-order valence-electron chi connectivity index (χ3n) is 8.23. The summed E-state index contributed by atoms with van der Waals surface area (Å²) < 4.78 is 14.1. The Bertz CT molecular complexity index is 1500. The average molecular weight is 487 g/mol. The van der Waals surface area contributed by atoms with Crippen LogP contribution in [0.2, 0.25) is 0 Å². The summed E-state index contributed by atoms with van der Waals surface area (Å²) in [6.07, 6.45) is 2.67. The predicted octanol–water partition coefficient (Wildman–Crippen LogP) is 3.87. The van der Waals surface area contributed by atoms with Crippen molar-refractivity contribution in [2.24, 2.45) is 11.3 Å². The molecule has 1 saturated carbocycles. The summed E-state index contributed by atoms with van der Waals surface area (Å²) in [5.41, 5.74) is 6.25. The van der Waals surface area contributed by atoms with E-state index in [1.54, 1.807) is 0 Å². The number of fused-ring (bicyclic) bond motifs is 2. The fraction of sp³-hybridized carbons (Fsp3) is 0.370. The van der Waals surface area contributed by atoms with Crippen molar-refractivity contribution in [3.8, 4) is 28.4 Å². The van der Waals surface area contributed by atoms with E-state index in [1.807, 2.05) is 30.0 Å². The van der Waals surface area contributed by atoms with Crippen LogP contribution >= 0.6 is 0 Å². The van der Waals surface area contributed by atoms with Crippen LogP contribution in [-0.2, 0) is 24.3 Å². The second kappa shape index (κ2) is 7.64. The quantitative estimate of drug-likeness (QED) is 0.350. The first-order valence-corrected chi connectivity index (χ1v) is 12.5. The molecule has 0 atom stereocenters. The van der Waals surface area contributed by atoms with E-state index in [4.69, 9.17) is 4.98 Å². The Hall–Kier alpha value is -3.72. The fourth-order valence-corrected chi connectivity index (χ4v) is 6.12. The second-order valence-electron chi connectivity index (χ2n) is 10.6. The summed E-state index contributed by atoms with van der Waals surface area (Å²) in [7, 11) is 0. The summed E-state index contributed by atoms with van der Waals surface area (Å²) in [4.78, 5) is 23.0. The van der Waals surface area contributed by atoms with Crippen LogP contribution in [-0.4, -0.2) is 49.2 Å². The fourth-order valence-electron chi connectivity index (χ4n) is 6.12. The summed E-state index contributed by atoms with van der Waals surface area (Å²) in [5, 5.41) is 21.6. The number of phenolic OH excluding ortho intramolecular Hbond substituents is 1. The Labute approximate surface area is 206 Å². The number of amides is 1. The highest BCUT2D eigenvalue weighted by atomic mass is 19.1. The van der Waals surface area contributed by atoms with Crippen molar-refractivity contribution in [3.63, 3.8) is 0 Å². The van der Waals surface area contributed by atoms with Gasteiger partial charge in [0.25, 0.3) is 0 Å². The van der Waals surface area contributed by atoms with Crippen molar-refractivity contribution in [2.45, 2.75) is 39.3 Å². The van der Waals surface area contributed by atoms with Crippen molar-refractivity contribution in [1.82, 2.24) is 30.4 Å². The van der Waals surface area contributed by atoms with Gasteiger partial charge in [-0.15, -0.1) is 0 Å². The molecule has 2 fully saturated rings. The van der Waals surface area contributed by atoms with Crippen LogP contribution in [0.3, 0.4) is 0 Å². The molecule has 36 heavy (non-hydrogen) atoms. The van der Waals surface area contributed by atoms with Gasteiger partial charge in [-0.1, -0.05) is 13.0 Å². The third kappa shape index (κ3) is 3.19. The standard InChI is InChI=1S/C27H27FN6O2/c1-2-14-6-23(35)19(28)7-18(14)15-3-4-17-20(5-15)32-33-24(17)25-30-21-10-34(11-22(21)31-25)26(36)16-8-27(9-16)12-29-13-27/h3-7,16,29,35H,2,8-13H2,1H3,(H,30,31)(H,32,33). The van der Waals surface area contributed by atoms with Crippen molar-refractivity contribution >= 4 is 16.8 Å². The molecule has 1 aliphatic carbocycles. The second-order valence-corrected chi connectivity index (χ2v) is 10.6. The molecule has 0 radical (unpaired) electrons. The number of phenols is 1. The van der Waals surface area contributed by atoms with E-state index in [0.29, 0.717) is 30.7 Å². The largest absolute Gasteiger partial charge is 0.505 e. The van der Waals surface area contributed by atoms with Gasteiger partial charge in [0.05, 0.1) is 30.0 Å². The van der Waals surface area contributed by atoms with Gasteiger partial charge >= 0.3 is 0 Å². The van der Waals surface area contributed by atoms with E-state index in [-0.39, 0.29) is 17.6 Å². The number of hydrogen-bond acceptors (Lipinski definition) is 5. The molecule has 9 heteroatoms. The lowest BCUT2D eigenvalue weighted by atomic mass is 9.58. The number of aryl methyl sites for hydroxylation is 1. The summed E-state index contributed by atoms with van der Waals surface area (Å²) in [6, 6.07) is 8.70. The molecule has 2 aromatic carbocycles. The molecule has 1 spiro atoms. The zero-order valence-corrected chi connectivity index (χ0v) is 20.0. The monoisotopic (exact) mass is 486 g/mol. The molecule has 2 aliphatic heterocycles. The molecular weight excluding hydrogens is 459 g/mol. The first kappa shape index (κ1) is 21.6. The van der Waals surface area contributed by atoms with Crippen molar-refractivity contribution in [3.05, 3.63) is 53.1 Å². The molecule has 2 aromatic heterocycles. The molecule has 7 rings (SSSR count). The first-order chi connectivity index (χ1) is 17.4. The maximum absolute atomic E-state index is 14.1. The number of carbonyl (C=O) groups is 1. The Morgan fingerprint density at radius 3 is 2.78 bits per heavy atom. The Morgan fingerprint density at radius 2 is 2.06 bits per heavy atom. The van der Waals surface area contributed by atoms with Gasteiger partial charge in [0.15, 0.2) is 17.4 Å². The molecular formula is C27H27FN6O2. The SMILES string of the molecule is CCc1cc(O)c(F)cc1-c1ccc2c(-c3nc4c([nH]3)CN(C(=O)C3CC5(CNC5)C3)C4)n[nH]c2c1. The normalized spacial score (nSPS) is 18.4. The lowest BCUT2D eigenvalue weighted by Gasteiger charge is -2.54. The number of rotatable bonds is 4. The highest BCUT2D eigenvalue weighted by Gasteiger charge is 2.52. The molecule has 184 valence electrons. The predicted molar refractivity (Wildman–Crippen MR) is 132 cm³/mol. The molecule has 3 aliphatic rings. The highest BCUT2D eigenvalue weighted by Crippen LogP contribution is 2.49. The number of imidazole rings is 1. The summed E-state index contributed by atoms with van der Waals surface area (Å²) in [6.45, 7) is 5.16. The zero-order valence-electron chi connectivity index (χ0n) is 20.0. The van der Waals surface area contributed by atoms with E-state index in [9.17, 15) is 14.3 Å². The Kier molecular flexibility index (Phi) is 4.57. The van der Waals surface area contributed by atoms with Crippen LogP contribution < -0.4 is 5.32 Å². The smallest absolute Gasteiger partial charge is 0.226 e. The summed E-state index contributed by atoms with van der Waals surface area (Å²) >= 11 is 0. The van der Waals surface area contributed by atoms with Gasteiger partial charge in [0.1, 0.15) is 5.69 Å². The minimum Gasteiger partial charge on any atom is -0.505 e. The van der Waals surface area contributed by atoms with Crippen molar-refractivity contribution in [2.75, 3.05) is 13.1 Å². The van der Waals surface area contributed by atoms with Crippen LogP contribution in [0.15, 0.2) is 30.3 Å². The number of hydrogen-bond donors (Lipinski definition) is 4. The molecule has 1 saturated heterocycles. The van der Waals surface area contributed by atoms with E-state index in [0.717, 1.165) is 70.6 Å². The van der Waals surface area contributed by atoms with Crippen molar-refractivity contribution < 1.29 is 14.3 Å². The average Bonchev–Trinajstić information content (AvgIpc) is 3.51. The number of benzene rings is 2. The number of halogens is 1.